The SMILES string of the molecule is CCNC(=NCc1ccc(C(=O)N2CCNC(=O)C2)cc1)N1CCC(C)CC1. The van der Waals surface area contributed by atoms with Crippen molar-refractivity contribution in [2.45, 2.75) is 33.2 Å². The first kappa shape index (κ1) is 20.2. The van der Waals surface area contributed by atoms with Crippen LogP contribution in [0.25, 0.3) is 0 Å². The normalized spacial score (nSPS) is 18.8. The molecule has 0 aromatic heterocycles. The molecule has 7 heteroatoms. The fourth-order valence-electron chi connectivity index (χ4n) is 3.56. The average Bonchev–Trinajstić information content (AvgIpc) is 2.72. The van der Waals surface area contributed by atoms with Gasteiger partial charge in [-0.05, 0) is 43.4 Å². The van der Waals surface area contributed by atoms with E-state index >= 15 is 0 Å². The van der Waals surface area contributed by atoms with Gasteiger partial charge in [-0.1, -0.05) is 19.1 Å². The molecule has 7 nitrogen and oxygen atoms in total. The summed E-state index contributed by atoms with van der Waals surface area (Å²) in [6, 6.07) is 7.55. The minimum absolute atomic E-state index is 0.0966. The first-order valence-corrected chi connectivity index (χ1v) is 10.2. The highest BCUT2D eigenvalue weighted by atomic mass is 16.2. The minimum Gasteiger partial charge on any atom is -0.357 e. The Kier molecular flexibility index (Phi) is 6.90. The summed E-state index contributed by atoms with van der Waals surface area (Å²) in [5, 5.41) is 6.13. The van der Waals surface area contributed by atoms with E-state index in [2.05, 4.69) is 29.4 Å². The van der Waals surface area contributed by atoms with E-state index in [9.17, 15) is 9.59 Å². The molecule has 2 saturated heterocycles. The molecule has 2 heterocycles. The van der Waals surface area contributed by atoms with Crippen molar-refractivity contribution in [2.75, 3.05) is 39.3 Å². The zero-order valence-electron chi connectivity index (χ0n) is 16.9. The molecule has 2 N–H and O–H groups in total. The van der Waals surface area contributed by atoms with E-state index in [1.54, 1.807) is 4.90 Å². The Balaban J connectivity index is 1.61. The Morgan fingerprint density at radius 3 is 2.54 bits per heavy atom. The number of rotatable bonds is 4. The van der Waals surface area contributed by atoms with Crippen molar-refractivity contribution in [3.8, 4) is 0 Å². The summed E-state index contributed by atoms with van der Waals surface area (Å²) < 4.78 is 0. The number of likely N-dealkylation sites (tertiary alicyclic amines) is 1. The number of benzene rings is 1. The molecular formula is C21H31N5O2. The standard InChI is InChI=1S/C21H31N5O2/c1-3-22-21(25-11-8-16(2)9-12-25)24-14-17-4-6-18(7-5-17)20(28)26-13-10-23-19(27)15-26/h4-7,16H,3,8-15H2,1-2H3,(H,22,24)(H,23,27). The lowest BCUT2D eigenvalue weighted by atomic mass is 10.00. The highest BCUT2D eigenvalue weighted by molar-refractivity contribution is 5.97. The number of guanidine groups is 1. The fraction of sp³-hybridized carbons (Fsp3) is 0.571. The minimum atomic E-state index is -0.103. The van der Waals surface area contributed by atoms with E-state index in [4.69, 9.17) is 4.99 Å². The van der Waals surface area contributed by atoms with Crippen molar-refractivity contribution in [3.05, 3.63) is 35.4 Å². The molecule has 28 heavy (non-hydrogen) atoms. The van der Waals surface area contributed by atoms with Crippen molar-refractivity contribution in [1.82, 2.24) is 20.4 Å². The van der Waals surface area contributed by atoms with Crippen molar-refractivity contribution in [2.24, 2.45) is 10.9 Å². The molecule has 0 spiro atoms. The van der Waals surface area contributed by atoms with Gasteiger partial charge in [-0.15, -0.1) is 0 Å². The van der Waals surface area contributed by atoms with E-state index in [-0.39, 0.29) is 18.4 Å². The van der Waals surface area contributed by atoms with Crippen molar-refractivity contribution >= 4 is 17.8 Å². The smallest absolute Gasteiger partial charge is 0.254 e. The van der Waals surface area contributed by atoms with Gasteiger partial charge in [-0.3, -0.25) is 9.59 Å². The summed E-state index contributed by atoms with van der Waals surface area (Å²) in [5.74, 6) is 1.55. The highest BCUT2D eigenvalue weighted by Gasteiger charge is 2.22. The van der Waals surface area contributed by atoms with Gasteiger partial charge < -0.3 is 20.4 Å². The first-order valence-electron chi connectivity index (χ1n) is 10.2. The van der Waals surface area contributed by atoms with Gasteiger partial charge in [0, 0.05) is 38.3 Å². The van der Waals surface area contributed by atoms with Crippen LogP contribution in [-0.2, 0) is 11.3 Å². The maximum Gasteiger partial charge on any atom is 0.254 e. The number of piperidine rings is 1. The number of aliphatic imine (C=N–C) groups is 1. The fourth-order valence-corrected chi connectivity index (χ4v) is 3.56. The molecule has 0 radical (unpaired) electrons. The van der Waals surface area contributed by atoms with Gasteiger partial charge in [0.1, 0.15) is 0 Å². The molecule has 0 atom stereocenters. The van der Waals surface area contributed by atoms with Gasteiger partial charge in [0.05, 0.1) is 13.1 Å². The van der Waals surface area contributed by atoms with E-state index in [0.717, 1.165) is 37.1 Å². The van der Waals surface area contributed by atoms with E-state index in [0.29, 0.717) is 25.2 Å². The third-order valence-corrected chi connectivity index (χ3v) is 5.36. The molecule has 3 rings (SSSR count). The summed E-state index contributed by atoms with van der Waals surface area (Å²) in [6.07, 6.45) is 2.41. The second-order valence-electron chi connectivity index (χ2n) is 7.61. The van der Waals surface area contributed by atoms with Crippen LogP contribution in [0.15, 0.2) is 29.3 Å². The lowest BCUT2D eigenvalue weighted by molar-refractivity contribution is -0.123. The number of hydrogen-bond acceptors (Lipinski definition) is 3. The van der Waals surface area contributed by atoms with Crippen LogP contribution >= 0.6 is 0 Å². The zero-order valence-corrected chi connectivity index (χ0v) is 16.9. The Morgan fingerprint density at radius 1 is 1.18 bits per heavy atom. The van der Waals surface area contributed by atoms with Crippen LogP contribution in [0.5, 0.6) is 0 Å². The second-order valence-corrected chi connectivity index (χ2v) is 7.61. The van der Waals surface area contributed by atoms with Crippen LogP contribution in [0, 0.1) is 5.92 Å². The summed E-state index contributed by atoms with van der Waals surface area (Å²) in [7, 11) is 0. The van der Waals surface area contributed by atoms with Crippen LogP contribution in [0.3, 0.4) is 0 Å². The largest absolute Gasteiger partial charge is 0.357 e. The first-order chi connectivity index (χ1) is 13.6. The Labute approximate surface area is 167 Å². The number of nitrogens with zero attached hydrogens (tertiary/aromatic N) is 3. The Morgan fingerprint density at radius 2 is 1.89 bits per heavy atom. The predicted octanol–water partition coefficient (Wildman–Crippen LogP) is 1.46. The topological polar surface area (TPSA) is 77.0 Å². The number of nitrogens with one attached hydrogen (secondary N) is 2. The van der Waals surface area contributed by atoms with Crippen LogP contribution in [-0.4, -0.2) is 66.8 Å². The predicted molar refractivity (Wildman–Crippen MR) is 110 cm³/mol. The highest BCUT2D eigenvalue weighted by Crippen LogP contribution is 2.16. The molecule has 1 aromatic carbocycles. The molecule has 2 amide bonds. The summed E-state index contributed by atoms with van der Waals surface area (Å²) in [6.45, 7) is 9.11. The monoisotopic (exact) mass is 385 g/mol. The van der Waals surface area contributed by atoms with Gasteiger partial charge in [0.25, 0.3) is 5.91 Å². The molecule has 0 saturated carbocycles. The summed E-state index contributed by atoms with van der Waals surface area (Å²) >= 11 is 0. The summed E-state index contributed by atoms with van der Waals surface area (Å²) in [4.78, 5) is 32.7. The third-order valence-electron chi connectivity index (χ3n) is 5.36. The lowest BCUT2D eigenvalue weighted by Gasteiger charge is -2.33. The van der Waals surface area contributed by atoms with E-state index < -0.39 is 0 Å². The van der Waals surface area contributed by atoms with Gasteiger partial charge >= 0.3 is 0 Å². The number of hydrogen-bond donors (Lipinski definition) is 2. The number of amides is 2. The Hall–Kier alpha value is -2.57. The molecule has 152 valence electrons. The molecule has 0 bridgehead atoms. The van der Waals surface area contributed by atoms with Gasteiger partial charge in [-0.25, -0.2) is 4.99 Å². The van der Waals surface area contributed by atoms with Crippen molar-refractivity contribution < 1.29 is 9.59 Å². The third kappa shape index (κ3) is 5.24. The second kappa shape index (κ2) is 9.57. The van der Waals surface area contributed by atoms with Gasteiger partial charge in [0.15, 0.2) is 5.96 Å². The molecule has 1 aromatic rings. The van der Waals surface area contributed by atoms with Crippen LogP contribution < -0.4 is 10.6 Å². The number of carbonyl (C=O) groups is 2. The number of piperazine rings is 1. The molecule has 2 aliphatic heterocycles. The molecule has 0 aliphatic carbocycles. The molecule has 0 unspecified atom stereocenters. The van der Waals surface area contributed by atoms with Crippen LogP contribution in [0.4, 0.5) is 0 Å². The van der Waals surface area contributed by atoms with E-state index in [1.165, 1.54) is 12.8 Å². The molecule has 2 aliphatic rings. The van der Waals surface area contributed by atoms with Crippen molar-refractivity contribution in [1.29, 1.82) is 0 Å². The Bertz CT molecular complexity index is 708. The molecular weight excluding hydrogens is 354 g/mol. The van der Waals surface area contributed by atoms with Crippen molar-refractivity contribution in [3.63, 3.8) is 0 Å². The quantitative estimate of drug-likeness (QED) is 0.608. The number of carbonyl (C=O) groups excluding carboxylic acids is 2. The molecule has 2 fully saturated rings. The maximum atomic E-state index is 12.5. The zero-order chi connectivity index (χ0) is 19.9. The van der Waals surface area contributed by atoms with Gasteiger partial charge in [0.2, 0.25) is 5.91 Å². The van der Waals surface area contributed by atoms with E-state index in [1.807, 2.05) is 24.3 Å². The van der Waals surface area contributed by atoms with Gasteiger partial charge in [-0.2, -0.15) is 0 Å². The summed E-state index contributed by atoms with van der Waals surface area (Å²) in [5.41, 5.74) is 1.67. The van der Waals surface area contributed by atoms with Crippen LogP contribution in [0.1, 0.15) is 42.6 Å². The maximum absolute atomic E-state index is 12.5. The average molecular weight is 386 g/mol. The lowest BCUT2D eigenvalue weighted by Crippen LogP contribution is -2.49. The van der Waals surface area contributed by atoms with Crippen LogP contribution in [0.2, 0.25) is 0 Å².